The minimum atomic E-state index is -0.630. The van der Waals surface area contributed by atoms with Crippen molar-refractivity contribution in [1.29, 1.82) is 0 Å². The van der Waals surface area contributed by atoms with E-state index < -0.39 is 11.7 Å². The number of halogens is 2. The van der Waals surface area contributed by atoms with Crippen molar-refractivity contribution in [3.63, 3.8) is 0 Å². The number of carbonyl (C=O) groups is 1. The third-order valence-electron chi connectivity index (χ3n) is 3.15. The molecular formula is C16H16ClFN2O2. The predicted molar refractivity (Wildman–Crippen MR) is 82.3 cm³/mol. The van der Waals surface area contributed by atoms with Gasteiger partial charge in [0.05, 0.1) is 17.2 Å². The third kappa shape index (κ3) is 4.02. The second kappa shape index (κ2) is 7.87. The summed E-state index contributed by atoms with van der Waals surface area (Å²) in [5, 5.41) is 0.0992. The topological polar surface area (TPSA) is 42.4 Å². The maximum Gasteiger partial charge on any atom is 0.258 e. The number of rotatable bonds is 6. The molecule has 0 fully saturated rings. The summed E-state index contributed by atoms with van der Waals surface area (Å²) < 4.78 is 19.0. The van der Waals surface area contributed by atoms with Gasteiger partial charge >= 0.3 is 0 Å². The van der Waals surface area contributed by atoms with Gasteiger partial charge in [0.15, 0.2) is 0 Å². The van der Waals surface area contributed by atoms with Crippen LogP contribution in [0.25, 0.3) is 0 Å². The minimum absolute atomic E-state index is 0.0992. The molecule has 116 valence electrons. The van der Waals surface area contributed by atoms with E-state index in [4.69, 9.17) is 16.3 Å². The van der Waals surface area contributed by atoms with E-state index in [-0.39, 0.29) is 10.6 Å². The molecule has 1 amide bonds. The number of amides is 1. The average molecular weight is 323 g/mol. The van der Waals surface area contributed by atoms with Gasteiger partial charge in [-0.3, -0.25) is 9.78 Å². The summed E-state index contributed by atoms with van der Waals surface area (Å²) in [5.74, 6) is -1.09. The number of carbonyl (C=O) groups excluding carboxylic acids is 1. The van der Waals surface area contributed by atoms with Gasteiger partial charge in [0, 0.05) is 32.6 Å². The Morgan fingerprint density at radius 3 is 2.68 bits per heavy atom. The largest absolute Gasteiger partial charge is 0.383 e. The van der Waals surface area contributed by atoms with Crippen molar-refractivity contribution < 1.29 is 13.9 Å². The third-order valence-corrected chi connectivity index (χ3v) is 3.47. The fourth-order valence-electron chi connectivity index (χ4n) is 2.02. The highest BCUT2D eigenvalue weighted by molar-refractivity contribution is 6.33. The van der Waals surface area contributed by atoms with E-state index in [1.54, 1.807) is 31.6 Å². The summed E-state index contributed by atoms with van der Waals surface area (Å²) in [6, 6.07) is 7.79. The lowest BCUT2D eigenvalue weighted by Gasteiger charge is -2.23. The Morgan fingerprint density at radius 2 is 2.05 bits per heavy atom. The molecule has 0 unspecified atom stereocenters. The van der Waals surface area contributed by atoms with Gasteiger partial charge in [0.2, 0.25) is 0 Å². The highest BCUT2D eigenvalue weighted by Gasteiger charge is 2.22. The first kappa shape index (κ1) is 16.4. The highest BCUT2D eigenvalue weighted by atomic mass is 35.5. The molecule has 0 aliphatic heterocycles. The molecule has 0 saturated heterocycles. The molecule has 6 heteroatoms. The second-order valence-corrected chi connectivity index (χ2v) is 5.08. The maximum atomic E-state index is 13.9. The second-order valence-electron chi connectivity index (χ2n) is 4.67. The lowest BCUT2D eigenvalue weighted by Crippen LogP contribution is -2.34. The Hall–Kier alpha value is -1.98. The van der Waals surface area contributed by atoms with E-state index in [1.165, 1.54) is 23.1 Å². The molecule has 0 aliphatic carbocycles. The number of methoxy groups -OCH3 is 1. The van der Waals surface area contributed by atoms with Crippen molar-refractivity contribution >= 4 is 17.5 Å². The molecule has 2 rings (SSSR count). The summed E-state index contributed by atoms with van der Waals surface area (Å²) in [6.45, 7) is 1.01. The lowest BCUT2D eigenvalue weighted by atomic mass is 10.1. The van der Waals surface area contributed by atoms with Crippen molar-refractivity contribution in [3.05, 3.63) is 64.7 Å². The van der Waals surface area contributed by atoms with Crippen LogP contribution in [0.1, 0.15) is 15.9 Å². The van der Waals surface area contributed by atoms with Crippen molar-refractivity contribution in [3.8, 4) is 0 Å². The smallest absolute Gasteiger partial charge is 0.258 e. The molecular weight excluding hydrogens is 307 g/mol. The molecule has 1 aromatic heterocycles. The number of pyridine rings is 1. The molecule has 1 aromatic carbocycles. The normalized spacial score (nSPS) is 10.5. The van der Waals surface area contributed by atoms with Crippen LogP contribution in [0, 0.1) is 5.82 Å². The van der Waals surface area contributed by atoms with Gasteiger partial charge in [-0.15, -0.1) is 0 Å². The molecule has 0 spiro atoms. The Balaban J connectivity index is 2.26. The van der Waals surface area contributed by atoms with E-state index >= 15 is 0 Å². The van der Waals surface area contributed by atoms with E-state index in [2.05, 4.69) is 4.98 Å². The number of nitrogens with zero attached hydrogens (tertiary/aromatic N) is 2. The number of benzene rings is 1. The summed E-state index contributed by atoms with van der Waals surface area (Å²) in [7, 11) is 1.55. The average Bonchev–Trinajstić information content (AvgIpc) is 2.52. The molecule has 22 heavy (non-hydrogen) atoms. The first-order valence-corrected chi connectivity index (χ1v) is 7.12. The molecule has 1 heterocycles. The van der Waals surface area contributed by atoms with Crippen molar-refractivity contribution in [2.75, 3.05) is 20.3 Å². The highest BCUT2D eigenvalue weighted by Crippen LogP contribution is 2.21. The van der Waals surface area contributed by atoms with Gasteiger partial charge in [0.1, 0.15) is 5.82 Å². The quantitative estimate of drug-likeness (QED) is 0.820. The van der Waals surface area contributed by atoms with Crippen LogP contribution in [-0.2, 0) is 11.3 Å². The van der Waals surface area contributed by atoms with E-state index in [0.29, 0.717) is 19.7 Å². The molecule has 0 saturated carbocycles. The van der Waals surface area contributed by atoms with Crippen LogP contribution in [0.3, 0.4) is 0 Å². The summed E-state index contributed by atoms with van der Waals surface area (Å²) in [5.41, 5.74) is 0.779. The maximum absolute atomic E-state index is 13.9. The van der Waals surface area contributed by atoms with Gasteiger partial charge in [-0.05, 0) is 29.8 Å². The van der Waals surface area contributed by atoms with Crippen molar-refractivity contribution in [2.24, 2.45) is 0 Å². The molecule has 0 aliphatic rings. The zero-order valence-electron chi connectivity index (χ0n) is 12.1. The zero-order valence-corrected chi connectivity index (χ0v) is 12.9. The number of hydrogen-bond acceptors (Lipinski definition) is 3. The fraction of sp³-hybridized carbons (Fsp3) is 0.250. The molecule has 0 N–H and O–H groups in total. The van der Waals surface area contributed by atoms with Crippen LogP contribution in [-0.4, -0.2) is 36.1 Å². The molecule has 0 atom stereocenters. The predicted octanol–water partition coefficient (Wildman–Crippen LogP) is 3.16. The van der Waals surface area contributed by atoms with E-state index in [9.17, 15) is 9.18 Å². The number of ether oxygens (including phenoxy) is 1. The van der Waals surface area contributed by atoms with Crippen LogP contribution in [0.2, 0.25) is 5.02 Å². The monoisotopic (exact) mass is 322 g/mol. The Kier molecular flexibility index (Phi) is 5.86. The van der Waals surface area contributed by atoms with Crippen molar-refractivity contribution in [1.82, 2.24) is 9.88 Å². The summed E-state index contributed by atoms with van der Waals surface area (Å²) in [6.07, 6.45) is 3.29. The summed E-state index contributed by atoms with van der Waals surface area (Å²) in [4.78, 5) is 18.1. The van der Waals surface area contributed by atoms with Gasteiger partial charge in [-0.1, -0.05) is 17.7 Å². The van der Waals surface area contributed by atoms with Crippen LogP contribution >= 0.6 is 11.6 Å². The van der Waals surface area contributed by atoms with Gasteiger partial charge in [-0.25, -0.2) is 4.39 Å². The SMILES string of the molecule is COCCN(Cc1ccncc1)C(=O)c1c(F)cccc1Cl. The Bertz CT molecular complexity index is 617. The lowest BCUT2D eigenvalue weighted by molar-refractivity contribution is 0.0676. The van der Waals surface area contributed by atoms with Crippen LogP contribution in [0.15, 0.2) is 42.7 Å². The minimum Gasteiger partial charge on any atom is -0.383 e. The summed E-state index contributed by atoms with van der Waals surface area (Å²) >= 11 is 5.98. The van der Waals surface area contributed by atoms with Crippen LogP contribution in [0.4, 0.5) is 4.39 Å². The number of hydrogen-bond donors (Lipinski definition) is 0. The molecule has 0 bridgehead atoms. The standard InChI is InChI=1S/C16H16ClFN2O2/c1-22-10-9-20(11-12-5-7-19-8-6-12)16(21)15-13(17)3-2-4-14(15)18/h2-8H,9-11H2,1H3. The Morgan fingerprint density at radius 1 is 1.32 bits per heavy atom. The van der Waals surface area contributed by atoms with Gasteiger partial charge in [-0.2, -0.15) is 0 Å². The fourth-order valence-corrected chi connectivity index (χ4v) is 2.27. The zero-order chi connectivity index (χ0) is 15.9. The Labute approximate surface area is 133 Å². The number of aromatic nitrogens is 1. The molecule has 0 radical (unpaired) electrons. The van der Waals surface area contributed by atoms with Gasteiger partial charge < -0.3 is 9.64 Å². The van der Waals surface area contributed by atoms with Crippen LogP contribution < -0.4 is 0 Å². The molecule has 4 nitrogen and oxygen atoms in total. The first-order valence-electron chi connectivity index (χ1n) is 6.74. The van der Waals surface area contributed by atoms with Gasteiger partial charge in [0.25, 0.3) is 5.91 Å². The first-order chi connectivity index (χ1) is 10.6. The van der Waals surface area contributed by atoms with E-state index in [1.807, 2.05) is 0 Å². The van der Waals surface area contributed by atoms with Crippen molar-refractivity contribution in [2.45, 2.75) is 6.54 Å². The molecule has 2 aromatic rings. The van der Waals surface area contributed by atoms with E-state index in [0.717, 1.165) is 5.56 Å². The van der Waals surface area contributed by atoms with Crippen LogP contribution in [0.5, 0.6) is 0 Å².